The molecule has 27 heavy (non-hydrogen) atoms. The second-order valence-electron chi connectivity index (χ2n) is 5.86. The highest BCUT2D eigenvalue weighted by atomic mass is 35.5. The number of halogens is 1. The fourth-order valence-electron chi connectivity index (χ4n) is 2.58. The Hall–Kier alpha value is -3.31. The Morgan fingerprint density at radius 2 is 1.81 bits per heavy atom. The molecule has 6 heteroatoms. The molecule has 0 bridgehead atoms. The van der Waals surface area contributed by atoms with E-state index in [0.29, 0.717) is 33.4 Å². The fraction of sp³-hybridized carbons (Fsp3) is 0.0476. The van der Waals surface area contributed by atoms with Crippen molar-refractivity contribution < 1.29 is 13.9 Å². The minimum absolute atomic E-state index is 0.0725. The molecule has 1 heterocycles. The molecule has 1 aromatic heterocycles. The lowest BCUT2D eigenvalue weighted by atomic mass is 10.2. The number of carbonyl (C=O) groups is 1. The number of carbonyl (C=O) groups excluding carboxylic acids is 1. The van der Waals surface area contributed by atoms with E-state index in [0.717, 1.165) is 5.56 Å². The molecule has 134 valence electrons. The van der Waals surface area contributed by atoms with Crippen LogP contribution in [0.5, 0.6) is 5.75 Å². The summed E-state index contributed by atoms with van der Waals surface area (Å²) in [5.74, 6) is 0.893. The van der Waals surface area contributed by atoms with Gasteiger partial charge in [0.25, 0.3) is 5.91 Å². The molecule has 0 spiro atoms. The lowest BCUT2D eigenvalue weighted by Gasteiger charge is -2.07. The van der Waals surface area contributed by atoms with Gasteiger partial charge in [0.2, 0.25) is 5.89 Å². The zero-order chi connectivity index (χ0) is 18.6. The first-order valence-electron chi connectivity index (χ1n) is 8.32. The Kier molecular flexibility index (Phi) is 4.77. The summed E-state index contributed by atoms with van der Waals surface area (Å²) in [7, 11) is 0. The Bertz CT molecular complexity index is 1080. The van der Waals surface area contributed by atoms with Gasteiger partial charge in [-0.2, -0.15) is 0 Å². The fourth-order valence-corrected chi connectivity index (χ4v) is 2.71. The Morgan fingerprint density at radius 3 is 2.59 bits per heavy atom. The normalized spacial score (nSPS) is 10.7. The van der Waals surface area contributed by atoms with Crippen molar-refractivity contribution in [2.45, 2.75) is 0 Å². The predicted molar refractivity (Wildman–Crippen MR) is 105 cm³/mol. The van der Waals surface area contributed by atoms with Crippen molar-refractivity contribution in [2.24, 2.45) is 0 Å². The third-order valence-corrected chi connectivity index (χ3v) is 4.13. The monoisotopic (exact) mass is 378 g/mol. The Labute approximate surface area is 160 Å². The number of para-hydroxylation sites is 1. The number of hydrogen-bond acceptors (Lipinski definition) is 4. The standard InChI is InChI=1S/C21H15ClN2O3/c22-15-8-6-14(7-9-15)21-24-18-12-16(10-11-19(18)27-21)23-20(25)13-26-17-4-2-1-3-5-17/h1-12H,13H2,(H,23,25). The summed E-state index contributed by atoms with van der Waals surface area (Å²) in [4.78, 5) is 16.6. The number of anilines is 1. The van der Waals surface area contributed by atoms with Crippen LogP contribution in [0, 0.1) is 0 Å². The molecule has 0 radical (unpaired) electrons. The van der Waals surface area contributed by atoms with E-state index >= 15 is 0 Å². The van der Waals surface area contributed by atoms with Gasteiger partial charge in [-0.1, -0.05) is 29.8 Å². The molecule has 4 aromatic rings. The van der Waals surface area contributed by atoms with Gasteiger partial charge in [-0.05, 0) is 54.6 Å². The molecule has 3 aromatic carbocycles. The van der Waals surface area contributed by atoms with E-state index in [-0.39, 0.29) is 12.5 Å². The van der Waals surface area contributed by atoms with Crippen LogP contribution in [0.4, 0.5) is 5.69 Å². The first-order chi connectivity index (χ1) is 13.2. The van der Waals surface area contributed by atoms with Gasteiger partial charge in [0, 0.05) is 16.3 Å². The maximum atomic E-state index is 12.1. The average Bonchev–Trinajstić information content (AvgIpc) is 3.11. The van der Waals surface area contributed by atoms with E-state index < -0.39 is 0 Å². The largest absolute Gasteiger partial charge is 0.484 e. The van der Waals surface area contributed by atoms with Crippen molar-refractivity contribution in [3.05, 3.63) is 77.8 Å². The van der Waals surface area contributed by atoms with Crippen LogP contribution in [0.25, 0.3) is 22.6 Å². The maximum Gasteiger partial charge on any atom is 0.262 e. The lowest BCUT2D eigenvalue weighted by Crippen LogP contribution is -2.20. The summed E-state index contributed by atoms with van der Waals surface area (Å²) < 4.78 is 11.2. The van der Waals surface area contributed by atoms with Crippen molar-refractivity contribution in [2.75, 3.05) is 11.9 Å². The molecular formula is C21H15ClN2O3. The number of aromatic nitrogens is 1. The van der Waals surface area contributed by atoms with Crippen LogP contribution < -0.4 is 10.1 Å². The van der Waals surface area contributed by atoms with Gasteiger partial charge in [-0.25, -0.2) is 4.98 Å². The van der Waals surface area contributed by atoms with Gasteiger partial charge < -0.3 is 14.5 Å². The van der Waals surface area contributed by atoms with E-state index in [9.17, 15) is 4.79 Å². The molecule has 0 atom stereocenters. The van der Waals surface area contributed by atoms with Gasteiger partial charge in [0.05, 0.1) is 0 Å². The molecule has 5 nitrogen and oxygen atoms in total. The van der Waals surface area contributed by atoms with Crippen LogP contribution >= 0.6 is 11.6 Å². The third-order valence-electron chi connectivity index (χ3n) is 3.88. The molecule has 0 aliphatic rings. The maximum absolute atomic E-state index is 12.1. The van der Waals surface area contributed by atoms with Crippen molar-refractivity contribution >= 4 is 34.3 Å². The lowest BCUT2D eigenvalue weighted by molar-refractivity contribution is -0.118. The second kappa shape index (κ2) is 7.51. The molecule has 1 amide bonds. The first kappa shape index (κ1) is 17.1. The van der Waals surface area contributed by atoms with Crippen LogP contribution in [0.15, 0.2) is 77.2 Å². The average molecular weight is 379 g/mol. The van der Waals surface area contributed by atoms with E-state index in [2.05, 4.69) is 10.3 Å². The summed E-state index contributed by atoms with van der Waals surface area (Å²) in [6.07, 6.45) is 0. The molecule has 0 aliphatic carbocycles. The van der Waals surface area contributed by atoms with Gasteiger partial charge in [-0.15, -0.1) is 0 Å². The van der Waals surface area contributed by atoms with Crippen LogP contribution in [0.1, 0.15) is 0 Å². The SMILES string of the molecule is O=C(COc1ccccc1)Nc1ccc2oc(-c3ccc(Cl)cc3)nc2c1. The minimum Gasteiger partial charge on any atom is -0.484 e. The van der Waals surface area contributed by atoms with Crippen LogP contribution in [0.2, 0.25) is 5.02 Å². The van der Waals surface area contributed by atoms with Crippen LogP contribution in [0.3, 0.4) is 0 Å². The number of benzene rings is 3. The smallest absolute Gasteiger partial charge is 0.262 e. The third kappa shape index (κ3) is 4.10. The molecule has 0 unspecified atom stereocenters. The van der Waals surface area contributed by atoms with Crippen molar-refractivity contribution in [3.8, 4) is 17.2 Å². The van der Waals surface area contributed by atoms with E-state index in [1.54, 1.807) is 42.5 Å². The van der Waals surface area contributed by atoms with Gasteiger partial charge in [-0.3, -0.25) is 4.79 Å². The quantitative estimate of drug-likeness (QED) is 0.520. The number of hydrogen-bond donors (Lipinski definition) is 1. The predicted octanol–water partition coefficient (Wildman–Crippen LogP) is 5.17. The molecule has 4 rings (SSSR count). The highest BCUT2D eigenvalue weighted by Gasteiger charge is 2.10. The Morgan fingerprint density at radius 1 is 1.04 bits per heavy atom. The van der Waals surface area contributed by atoms with E-state index in [1.165, 1.54) is 0 Å². The summed E-state index contributed by atoms with van der Waals surface area (Å²) in [6, 6.07) is 21.7. The zero-order valence-corrected chi connectivity index (χ0v) is 14.9. The van der Waals surface area contributed by atoms with E-state index in [1.807, 2.05) is 30.3 Å². The summed E-state index contributed by atoms with van der Waals surface area (Å²) >= 11 is 5.91. The molecule has 0 saturated heterocycles. The zero-order valence-electron chi connectivity index (χ0n) is 14.2. The first-order valence-corrected chi connectivity index (χ1v) is 8.69. The number of ether oxygens (including phenoxy) is 1. The highest BCUT2D eigenvalue weighted by molar-refractivity contribution is 6.30. The summed E-state index contributed by atoms with van der Waals surface area (Å²) in [6.45, 7) is -0.0725. The second-order valence-corrected chi connectivity index (χ2v) is 6.29. The minimum atomic E-state index is -0.250. The summed E-state index contributed by atoms with van der Waals surface area (Å²) in [5.41, 5.74) is 2.75. The van der Waals surface area contributed by atoms with Gasteiger partial charge in [0.15, 0.2) is 12.2 Å². The number of nitrogens with zero attached hydrogens (tertiary/aromatic N) is 1. The topological polar surface area (TPSA) is 64.4 Å². The summed E-state index contributed by atoms with van der Waals surface area (Å²) in [5, 5.41) is 3.45. The number of oxazole rings is 1. The number of amides is 1. The van der Waals surface area contributed by atoms with Gasteiger partial charge in [0.1, 0.15) is 11.3 Å². The van der Waals surface area contributed by atoms with Crippen molar-refractivity contribution in [1.82, 2.24) is 4.98 Å². The molecule has 1 N–H and O–H groups in total. The van der Waals surface area contributed by atoms with E-state index in [4.69, 9.17) is 20.8 Å². The van der Waals surface area contributed by atoms with Crippen LogP contribution in [-0.4, -0.2) is 17.5 Å². The van der Waals surface area contributed by atoms with Gasteiger partial charge >= 0.3 is 0 Å². The number of nitrogens with one attached hydrogen (secondary N) is 1. The van der Waals surface area contributed by atoms with Crippen molar-refractivity contribution in [1.29, 1.82) is 0 Å². The van der Waals surface area contributed by atoms with Crippen LogP contribution in [-0.2, 0) is 4.79 Å². The molecule has 0 fully saturated rings. The van der Waals surface area contributed by atoms with Crippen molar-refractivity contribution in [3.63, 3.8) is 0 Å². The molecule has 0 aliphatic heterocycles. The molecular weight excluding hydrogens is 364 g/mol. The molecule has 0 saturated carbocycles. The highest BCUT2D eigenvalue weighted by Crippen LogP contribution is 2.27. The Balaban J connectivity index is 1.46. The number of fused-ring (bicyclic) bond motifs is 1. The number of rotatable bonds is 5.